The van der Waals surface area contributed by atoms with E-state index in [1.54, 1.807) is 41.4 Å². The standard InChI is InChI=1S/C38H47ClN8O5S/c1-23-20-44(21-24(2)45(23)22-34(49)42-32-17-25(13-14-41-32)30-11-12-33(48)43-35(30)50)15-16-52-29-9-7-27(8-10-29)47-37(53)46(36(51)38(47,3)4)28-6-5-26(19-40)31(39)18-28/h5-6,13-14,17-18,23-24,27,29-30H,7-12,15-16,20-22H2,1-4H3,(H,41,42,49)(H,43,48,50)/t23-,24+,27-,29-,30?. The van der Waals surface area contributed by atoms with E-state index < -0.39 is 11.5 Å². The summed E-state index contributed by atoms with van der Waals surface area (Å²) in [5, 5.41) is 15.3. The second-order valence-electron chi connectivity index (χ2n) is 15.1. The maximum absolute atomic E-state index is 13.6. The molecule has 2 N–H and O–H groups in total. The Hall–Kier alpha value is -4.00. The van der Waals surface area contributed by atoms with Gasteiger partial charge in [0.2, 0.25) is 17.7 Å². The second-order valence-corrected chi connectivity index (χ2v) is 15.9. The van der Waals surface area contributed by atoms with Crippen LogP contribution in [-0.4, -0.2) is 111 Å². The molecule has 3 saturated heterocycles. The number of thiocarbonyl (C=S) groups is 1. The fourth-order valence-electron chi connectivity index (χ4n) is 8.26. The number of hydrogen-bond acceptors (Lipinski definition) is 10. The number of halogens is 1. The number of carbonyl (C=O) groups excluding carboxylic acids is 4. The molecule has 1 aromatic heterocycles. The molecule has 4 amide bonds. The smallest absolute Gasteiger partial charge is 0.258 e. The first-order chi connectivity index (χ1) is 25.3. The molecule has 53 heavy (non-hydrogen) atoms. The van der Waals surface area contributed by atoms with Gasteiger partial charge in [0.15, 0.2) is 5.11 Å². The van der Waals surface area contributed by atoms with Gasteiger partial charge in [0.1, 0.15) is 17.4 Å². The molecule has 0 bridgehead atoms. The number of pyridine rings is 1. The fourth-order valence-corrected chi connectivity index (χ4v) is 9.04. The highest BCUT2D eigenvalue weighted by Crippen LogP contribution is 2.39. The molecule has 6 rings (SSSR count). The first-order valence-electron chi connectivity index (χ1n) is 18.3. The zero-order valence-electron chi connectivity index (χ0n) is 30.6. The highest BCUT2D eigenvalue weighted by Gasteiger charge is 2.52. The summed E-state index contributed by atoms with van der Waals surface area (Å²) >= 11 is 12.2. The van der Waals surface area contributed by atoms with Gasteiger partial charge < -0.3 is 15.0 Å². The molecule has 1 aromatic carbocycles. The number of rotatable bonds is 10. The van der Waals surface area contributed by atoms with Crippen LogP contribution in [0, 0.1) is 11.3 Å². The van der Waals surface area contributed by atoms with E-state index >= 15 is 0 Å². The van der Waals surface area contributed by atoms with E-state index in [1.165, 1.54) is 0 Å². The lowest BCUT2D eigenvalue weighted by Gasteiger charge is -2.44. The van der Waals surface area contributed by atoms with E-state index in [0.29, 0.717) is 35.2 Å². The minimum absolute atomic E-state index is 0.109. The van der Waals surface area contributed by atoms with Gasteiger partial charge in [0, 0.05) is 50.4 Å². The van der Waals surface area contributed by atoms with Gasteiger partial charge in [-0.05, 0) is 108 Å². The number of ether oxygens (including phenoxy) is 1. The molecule has 282 valence electrons. The van der Waals surface area contributed by atoms with Crippen LogP contribution in [0.2, 0.25) is 5.02 Å². The van der Waals surface area contributed by atoms with Gasteiger partial charge in [0.25, 0.3) is 5.91 Å². The first-order valence-corrected chi connectivity index (χ1v) is 19.1. The SMILES string of the molecule is C[C@@H]1CN(CCO[C@H]2CC[C@H](N3C(=S)N(c4ccc(C#N)c(Cl)c4)C(=O)C3(C)C)CC2)C[C@H](C)N1CC(=O)Nc1cc(C2CCC(=O)NC2=O)ccn1. The number of imide groups is 1. The van der Waals surface area contributed by atoms with Crippen molar-refractivity contribution in [3.63, 3.8) is 0 Å². The molecule has 4 aliphatic rings. The summed E-state index contributed by atoms with van der Waals surface area (Å²) < 4.78 is 6.38. The van der Waals surface area contributed by atoms with Crippen LogP contribution in [0.4, 0.5) is 11.5 Å². The van der Waals surface area contributed by atoms with E-state index in [9.17, 15) is 24.4 Å². The van der Waals surface area contributed by atoms with Crippen LogP contribution in [0.3, 0.4) is 0 Å². The average Bonchev–Trinajstić information content (AvgIpc) is 3.29. The molecule has 1 aliphatic carbocycles. The number of anilines is 2. The largest absolute Gasteiger partial charge is 0.377 e. The van der Waals surface area contributed by atoms with Crippen LogP contribution < -0.4 is 15.5 Å². The third-order valence-electron chi connectivity index (χ3n) is 11.0. The Labute approximate surface area is 320 Å². The van der Waals surface area contributed by atoms with Crippen LogP contribution in [0.1, 0.15) is 83.3 Å². The number of aromatic nitrogens is 1. The van der Waals surface area contributed by atoms with E-state index in [-0.39, 0.29) is 65.8 Å². The Balaban J connectivity index is 0.938. The van der Waals surface area contributed by atoms with Crippen molar-refractivity contribution < 1.29 is 23.9 Å². The number of hydrogen-bond donors (Lipinski definition) is 2. The third kappa shape index (κ3) is 8.39. The number of carbonyl (C=O) groups is 4. The maximum atomic E-state index is 13.6. The van der Waals surface area contributed by atoms with Crippen molar-refractivity contribution in [3.05, 3.63) is 52.7 Å². The zero-order valence-corrected chi connectivity index (χ0v) is 32.2. The van der Waals surface area contributed by atoms with E-state index in [1.807, 2.05) is 13.8 Å². The normalized spacial score (nSPS) is 26.8. The monoisotopic (exact) mass is 762 g/mol. The molecule has 0 spiro atoms. The summed E-state index contributed by atoms with van der Waals surface area (Å²) in [5.74, 6) is -0.927. The summed E-state index contributed by atoms with van der Waals surface area (Å²) in [6.07, 6.45) is 5.88. The van der Waals surface area contributed by atoms with Crippen molar-refractivity contribution in [2.75, 3.05) is 43.0 Å². The van der Waals surface area contributed by atoms with Crippen LogP contribution >= 0.6 is 23.8 Å². The second kappa shape index (κ2) is 16.2. The summed E-state index contributed by atoms with van der Waals surface area (Å²) in [4.78, 5) is 63.0. The van der Waals surface area contributed by atoms with E-state index in [4.69, 9.17) is 28.6 Å². The minimum Gasteiger partial charge on any atom is -0.377 e. The van der Waals surface area contributed by atoms with Crippen molar-refractivity contribution in [3.8, 4) is 6.07 Å². The van der Waals surface area contributed by atoms with E-state index in [2.05, 4.69) is 50.2 Å². The summed E-state index contributed by atoms with van der Waals surface area (Å²) in [6.45, 7) is 11.3. The van der Waals surface area contributed by atoms with Gasteiger partial charge in [-0.3, -0.25) is 39.2 Å². The Morgan fingerprint density at radius 1 is 1.09 bits per heavy atom. The molecule has 1 unspecified atom stereocenters. The lowest BCUT2D eigenvalue weighted by Crippen LogP contribution is -2.58. The number of nitrogens with zero attached hydrogens (tertiary/aromatic N) is 6. The van der Waals surface area contributed by atoms with Crippen LogP contribution in [0.15, 0.2) is 36.5 Å². The summed E-state index contributed by atoms with van der Waals surface area (Å²) in [6, 6.07) is 10.9. The van der Waals surface area contributed by atoms with Gasteiger partial charge in [-0.1, -0.05) is 11.6 Å². The predicted octanol–water partition coefficient (Wildman–Crippen LogP) is 4.20. The maximum Gasteiger partial charge on any atom is 0.258 e. The zero-order chi connectivity index (χ0) is 38.0. The van der Waals surface area contributed by atoms with Crippen LogP contribution in [0.5, 0.6) is 0 Å². The minimum atomic E-state index is -0.814. The molecular formula is C38H47ClN8O5S. The van der Waals surface area contributed by atoms with Crippen molar-refractivity contribution in [2.45, 2.75) is 102 Å². The number of piperazine rings is 1. The van der Waals surface area contributed by atoms with Crippen molar-refractivity contribution >= 4 is 64.1 Å². The summed E-state index contributed by atoms with van der Waals surface area (Å²) in [5.41, 5.74) is 0.823. The Bertz CT molecular complexity index is 1800. The molecule has 4 fully saturated rings. The predicted molar refractivity (Wildman–Crippen MR) is 204 cm³/mol. The third-order valence-corrected chi connectivity index (χ3v) is 11.7. The lowest BCUT2D eigenvalue weighted by atomic mass is 9.89. The lowest BCUT2D eigenvalue weighted by molar-refractivity contribution is -0.134. The number of benzene rings is 1. The topological polar surface area (TPSA) is 151 Å². The average molecular weight is 763 g/mol. The molecule has 2 aromatic rings. The Kier molecular flexibility index (Phi) is 11.8. The molecule has 3 aliphatic heterocycles. The van der Waals surface area contributed by atoms with Crippen LogP contribution in [-0.2, 0) is 23.9 Å². The van der Waals surface area contributed by atoms with Crippen molar-refractivity contribution in [1.82, 2.24) is 25.0 Å². The first kappa shape index (κ1) is 38.7. The van der Waals surface area contributed by atoms with Gasteiger partial charge >= 0.3 is 0 Å². The highest BCUT2D eigenvalue weighted by atomic mass is 35.5. The number of nitriles is 1. The number of piperidine rings is 1. The van der Waals surface area contributed by atoms with E-state index in [0.717, 1.165) is 50.9 Å². The Morgan fingerprint density at radius 2 is 1.81 bits per heavy atom. The van der Waals surface area contributed by atoms with Gasteiger partial charge in [-0.25, -0.2) is 4.98 Å². The highest BCUT2D eigenvalue weighted by molar-refractivity contribution is 7.80. The molecular weight excluding hydrogens is 716 g/mol. The molecule has 1 saturated carbocycles. The molecule has 3 atom stereocenters. The van der Waals surface area contributed by atoms with Gasteiger partial charge in [-0.15, -0.1) is 0 Å². The number of amides is 4. The molecule has 15 heteroatoms. The van der Waals surface area contributed by atoms with Crippen molar-refractivity contribution in [2.24, 2.45) is 0 Å². The molecule has 4 heterocycles. The summed E-state index contributed by atoms with van der Waals surface area (Å²) in [7, 11) is 0. The van der Waals surface area contributed by atoms with Crippen LogP contribution in [0.25, 0.3) is 0 Å². The molecule has 13 nitrogen and oxygen atoms in total. The van der Waals surface area contributed by atoms with Crippen molar-refractivity contribution in [1.29, 1.82) is 5.26 Å². The Morgan fingerprint density at radius 3 is 2.47 bits per heavy atom. The molecule has 0 radical (unpaired) electrons. The fraction of sp³-hybridized carbons (Fsp3) is 0.553. The van der Waals surface area contributed by atoms with Gasteiger partial charge in [-0.2, -0.15) is 5.26 Å². The quantitative estimate of drug-likeness (QED) is 0.265. The van der Waals surface area contributed by atoms with Gasteiger partial charge in [0.05, 0.1) is 41.4 Å². The number of nitrogens with one attached hydrogen (secondary N) is 2.